The number of hydrogen-bond donors (Lipinski definition) is 0. The summed E-state index contributed by atoms with van der Waals surface area (Å²) in [5, 5.41) is 0. The number of allylic oxidation sites excluding steroid dienone is 2. The van der Waals surface area contributed by atoms with Crippen molar-refractivity contribution in [1.82, 2.24) is 4.98 Å². The zero-order valence-electron chi connectivity index (χ0n) is 17.1. The van der Waals surface area contributed by atoms with Crippen molar-refractivity contribution < 1.29 is 18.7 Å². The molecule has 1 aromatic heterocycles. The largest absolute Gasteiger partial charge is 0.467 e. The molecule has 5 nitrogen and oxygen atoms in total. The van der Waals surface area contributed by atoms with Crippen molar-refractivity contribution in [1.29, 1.82) is 0 Å². The second kappa shape index (κ2) is 8.56. The molecule has 0 aromatic carbocycles. The number of aryl methyl sites for hydroxylation is 1. The third-order valence-electron chi connectivity index (χ3n) is 5.41. The van der Waals surface area contributed by atoms with E-state index in [-0.39, 0.29) is 15.8 Å². The van der Waals surface area contributed by atoms with Crippen molar-refractivity contribution in [3.8, 4) is 17.8 Å². The van der Waals surface area contributed by atoms with E-state index in [9.17, 15) is 4.79 Å². The van der Waals surface area contributed by atoms with Gasteiger partial charge in [0.2, 0.25) is 5.89 Å². The molecule has 1 aliphatic heterocycles. The molecule has 2 unspecified atom stereocenters. The summed E-state index contributed by atoms with van der Waals surface area (Å²) in [7, 11) is 3.18. The van der Waals surface area contributed by atoms with Crippen LogP contribution in [-0.4, -0.2) is 47.2 Å². The number of carbonyl (C=O) groups is 1. The third-order valence-corrected chi connectivity index (χ3v) is 9.28. The smallest absolute Gasteiger partial charge is 0.308 e. The van der Waals surface area contributed by atoms with Crippen LogP contribution >= 0.6 is 23.5 Å². The quantitative estimate of drug-likeness (QED) is 0.638. The molecule has 0 amide bonds. The van der Waals surface area contributed by atoms with E-state index in [0.717, 1.165) is 23.5 Å². The average Bonchev–Trinajstić information content (AvgIpc) is 3.36. The molecule has 7 heteroatoms. The van der Waals surface area contributed by atoms with E-state index in [2.05, 4.69) is 29.8 Å². The molecule has 0 N–H and O–H groups in total. The molecule has 1 aromatic rings. The van der Waals surface area contributed by atoms with Crippen molar-refractivity contribution in [2.75, 3.05) is 32.3 Å². The van der Waals surface area contributed by atoms with Crippen LogP contribution in [0.3, 0.4) is 0 Å². The number of rotatable bonds is 6. The molecule has 0 saturated carbocycles. The fraction of sp³-hybridized carbons (Fsp3) is 0.619. The van der Waals surface area contributed by atoms with Crippen LogP contribution in [0.1, 0.15) is 38.3 Å². The summed E-state index contributed by atoms with van der Waals surface area (Å²) in [5.74, 6) is 9.24. The molecule has 1 aliphatic carbocycles. The molecular formula is C21H27NO4S2. The number of nitrogens with zero attached hydrogens (tertiary/aromatic N) is 1. The van der Waals surface area contributed by atoms with Crippen molar-refractivity contribution in [2.24, 2.45) is 11.3 Å². The van der Waals surface area contributed by atoms with Crippen molar-refractivity contribution in [3.63, 3.8) is 0 Å². The Hall–Kier alpha value is -1.36. The maximum Gasteiger partial charge on any atom is 0.308 e. The van der Waals surface area contributed by atoms with Gasteiger partial charge in [0, 0.05) is 36.5 Å². The highest BCUT2D eigenvalue weighted by Gasteiger charge is 2.61. The predicted octanol–water partition coefficient (Wildman–Crippen LogP) is 4.21. The summed E-state index contributed by atoms with van der Waals surface area (Å²) in [6, 6.07) is 0. The van der Waals surface area contributed by atoms with E-state index >= 15 is 0 Å². The lowest BCUT2D eigenvalue weighted by molar-refractivity contribution is -0.125. The number of thioether (sulfide) groups is 2. The van der Waals surface area contributed by atoms with Gasteiger partial charge in [-0.25, -0.2) is 4.98 Å². The van der Waals surface area contributed by atoms with Gasteiger partial charge in [0.15, 0.2) is 0 Å². The van der Waals surface area contributed by atoms with Gasteiger partial charge in [0.05, 0.1) is 16.6 Å². The highest BCUT2D eigenvalue weighted by Crippen LogP contribution is 2.66. The van der Waals surface area contributed by atoms with Gasteiger partial charge in [-0.05, 0) is 20.3 Å². The number of ether oxygens (including phenoxy) is 2. The first-order valence-electron chi connectivity index (χ1n) is 9.39. The van der Waals surface area contributed by atoms with Crippen molar-refractivity contribution >= 4 is 34.9 Å². The molecule has 0 radical (unpaired) electrons. The second-order valence-corrected chi connectivity index (χ2v) is 10.3. The maximum absolute atomic E-state index is 13.6. The summed E-state index contributed by atoms with van der Waals surface area (Å²) in [4.78, 5) is 18.2. The number of oxazole rings is 1. The lowest BCUT2D eigenvalue weighted by atomic mass is 9.75. The van der Waals surface area contributed by atoms with E-state index in [1.54, 1.807) is 14.2 Å². The minimum Gasteiger partial charge on any atom is -0.467 e. The van der Waals surface area contributed by atoms with Crippen LogP contribution in [0.25, 0.3) is 5.57 Å². The SMILES string of the molecule is COCC#CC(C)CC(=O)C1(C)C(c2nc(C)c(OC)o2)=CCC12SCCS2. The first-order valence-corrected chi connectivity index (χ1v) is 11.4. The fourth-order valence-electron chi connectivity index (χ4n) is 3.88. The van der Waals surface area contributed by atoms with Crippen LogP contribution in [0.2, 0.25) is 0 Å². The van der Waals surface area contributed by atoms with Crippen LogP contribution in [0.15, 0.2) is 10.5 Å². The average molecular weight is 422 g/mol. The van der Waals surface area contributed by atoms with Gasteiger partial charge in [-0.3, -0.25) is 4.79 Å². The molecule has 2 heterocycles. The summed E-state index contributed by atoms with van der Waals surface area (Å²) >= 11 is 3.77. The standard InChI is InChI=1S/C21H27NO4S2/c1-14(7-6-10-24-4)13-17(23)20(3)16(8-9-21(20)27-11-12-28-21)18-22-15(2)19(25-5)26-18/h8,14H,9-13H2,1-5H3. The molecule has 1 spiro atoms. The summed E-state index contributed by atoms with van der Waals surface area (Å²) in [6.07, 6.45) is 3.35. The normalized spacial score (nSPS) is 24.0. The van der Waals surface area contributed by atoms with Gasteiger partial charge in [0.1, 0.15) is 18.1 Å². The van der Waals surface area contributed by atoms with Crippen molar-refractivity contribution in [2.45, 2.75) is 37.7 Å². The van der Waals surface area contributed by atoms with E-state index in [0.29, 0.717) is 30.6 Å². The van der Waals surface area contributed by atoms with E-state index in [1.807, 2.05) is 37.4 Å². The minimum absolute atomic E-state index is 0.0318. The van der Waals surface area contributed by atoms with Crippen LogP contribution in [0.4, 0.5) is 0 Å². The molecule has 2 aliphatic rings. The highest BCUT2D eigenvalue weighted by molar-refractivity contribution is 8.21. The Morgan fingerprint density at radius 2 is 2.11 bits per heavy atom. The highest BCUT2D eigenvalue weighted by atomic mass is 32.2. The van der Waals surface area contributed by atoms with E-state index < -0.39 is 5.41 Å². The first kappa shape index (κ1) is 21.4. The Morgan fingerprint density at radius 3 is 2.71 bits per heavy atom. The Morgan fingerprint density at radius 1 is 1.39 bits per heavy atom. The molecule has 3 rings (SSSR count). The number of hydrogen-bond acceptors (Lipinski definition) is 7. The Bertz CT molecular complexity index is 829. The minimum atomic E-state index is -0.682. The zero-order valence-corrected chi connectivity index (χ0v) is 18.7. The van der Waals surface area contributed by atoms with E-state index in [4.69, 9.17) is 13.9 Å². The van der Waals surface area contributed by atoms with Gasteiger partial charge in [-0.2, -0.15) is 0 Å². The Labute approximate surface area is 175 Å². The van der Waals surface area contributed by atoms with Gasteiger partial charge < -0.3 is 13.9 Å². The Kier molecular flexibility index (Phi) is 6.53. The van der Waals surface area contributed by atoms with Gasteiger partial charge in [0.25, 0.3) is 0 Å². The summed E-state index contributed by atoms with van der Waals surface area (Å²) in [5.41, 5.74) is 0.890. The monoisotopic (exact) mass is 421 g/mol. The Balaban J connectivity index is 1.94. The predicted molar refractivity (Wildman–Crippen MR) is 115 cm³/mol. The number of Topliss-reactive ketones (excluding diaryl/α,β-unsaturated/α-hetero) is 1. The maximum atomic E-state index is 13.6. The van der Waals surface area contributed by atoms with Crippen LogP contribution < -0.4 is 4.74 Å². The second-order valence-electron chi connectivity index (χ2n) is 7.28. The molecule has 0 bridgehead atoms. The number of ketones is 1. The fourth-order valence-corrected chi connectivity index (χ4v) is 7.47. The first-order chi connectivity index (χ1) is 13.4. The summed E-state index contributed by atoms with van der Waals surface area (Å²) < 4.78 is 15.9. The topological polar surface area (TPSA) is 61.6 Å². The van der Waals surface area contributed by atoms with E-state index in [1.165, 1.54) is 0 Å². The lowest BCUT2D eigenvalue weighted by Gasteiger charge is -2.40. The van der Waals surface area contributed by atoms with Gasteiger partial charge in [-0.1, -0.05) is 24.8 Å². The molecule has 1 fully saturated rings. The molecule has 28 heavy (non-hydrogen) atoms. The van der Waals surface area contributed by atoms with Crippen LogP contribution in [0, 0.1) is 30.1 Å². The molecule has 152 valence electrons. The van der Waals surface area contributed by atoms with Gasteiger partial charge >= 0.3 is 5.95 Å². The van der Waals surface area contributed by atoms with Crippen LogP contribution in [0.5, 0.6) is 5.95 Å². The zero-order chi connectivity index (χ0) is 20.4. The van der Waals surface area contributed by atoms with Crippen LogP contribution in [-0.2, 0) is 9.53 Å². The number of aromatic nitrogens is 1. The lowest BCUT2D eigenvalue weighted by Crippen LogP contribution is -2.43. The van der Waals surface area contributed by atoms with Crippen molar-refractivity contribution in [3.05, 3.63) is 17.7 Å². The van der Waals surface area contributed by atoms with Gasteiger partial charge in [-0.15, -0.1) is 23.5 Å². The number of methoxy groups -OCH3 is 2. The number of carbonyl (C=O) groups excluding carboxylic acids is 1. The molecular weight excluding hydrogens is 394 g/mol. The molecule has 1 saturated heterocycles. The third kappa shape index (κ3) is 3.62. The molecule has 2 atom stereocenters. The summed E-state index contributed by atoms with van der Waals surface area (Å²) in [6.45, 7) is 6.28.